The molecule has 0 fully saturated rings. The van der Waals surface area contributed by atoms with Crippen LogP contribution in [0.5, 0.6) is 0 Å². The van der Waals surface area contributed by atoms with Gasteiger partial charge in [-0.25, -0.2) is 9.97 Å². The number of pyridine rings is 1. The number of nitrogens with one attached hydrogen (secondary N) is 2. The van der Waals surface area contributed by atoms with E-state index in [1.807, 2.05) is 49.4 Å². The highest BCUT2D eigenvalue weighted by molar-refractivity contribution is 6.30. The normalized spacial score (nSPS) is 11.0. The van der Waals surface area contributed by atoms with Crippen molar-refractivity contribution in [2.24, 2.45) is 0 Å². The zero-order valence-corrected chi connectivity index (χ0v) is 19.0. The van der Waals surface area contributed by atoms with Crippen LogP contribution in [0.2, 0.25) is 5.02 Å². The van der Waals surface area contributed by atoms with Crippen molar-refractivity contribution in [3.05, 3.63) is 99.8 Å². The molecule has 8 heteroatoms. The molecule has 5 rings (SSSR count). The van der Waals surface area contributed by atoms with Crippen LogP contribution in [-0.4, -0.2) is 20.4 Å². The summed E-state index contributed by atoms with van der Waals surface area (Å²) in [6, 6.07) is 23.6. The fourth-order valence-corrected chi connectivity index (χ4v) is 3.99. The minimum absolute atomic E-state index is 0.177. The lowest BCUT2D eigenvalue weighted by Gasteiger charge is -2.15. The monoisotopic (exact) mass is 469 g/mol. The molecule has 0 saturated carbocycles. The average molecular weight is 470 g/mol. The molecule has 0 atom stereocenters. The van der Waals surface area contributed by atoms with Gasteiger partial charge < -0.3 is 0 Å². The molecule has 7 nitrogen and oxygen atoms in total. The second-order valence-electron chi connectivity index (χ2n) is 7.66. The molecule has 5 aromatic rings. The van der Waals surface area contributed by atoms with Crippen molar-refractivity contribution < 1.29 is 4.79 Å². The third kappa shape index (κ3) is 3.97. The Labute approximate surface area is 200 Å². The Kier molecular flexibility index (Phi) is 5.69. The highest BCUT2D eigenvalue weighted by Crippen LogP contribution is 2.26. The Morgan fingerprint density at radius 2 is 1.56 bits per heavy atom. The van der Waals surface area contributed by atoms with E-state index in [4.69, 9.17) is 16.6 Å². The van der Waals surface area contributed by atoms with Gasteiger partial charge in [-0.15, -0.1) is 0 Å². The molecule has 2 N–H and O–H groups in total. The van der Waals surface area contributed by atoms with Gasteiger partial charge in [-0.3, -0.25) is 25.0 Å². The predicted molar refractivity (Wildman–Crippen MR) is 135 cm³/mol. The Morgan fingerprint density at radius 1 is 0.912 bits per heavy atom. The molecule has 0 bridgehead atoms. The SMILES string of the molecule is CCn1c(NNC(=O)c2cc(-c3ccc(Cl)cc3)nc3ccccc23)nc2ccccc2c1=O. The van der Waals surface area contributed by atoms with Gasteiger partial charge in [0.05, 0.1) is 27.7 Å². The smallest absolute Gasteiger partial charge is 0.270 e. The van der Waals surface area contributed by atoms with E-state index < -0.39 is 0 Å². The van der Waals surface area contributed by atoms with Gasteiger partial charge in [0.1, 0.15) is 0 Å². The first-order valence-electron chi connectivity index (χ1n) is 10.8. The van der Waals surface area contributed by atoms with E-state index in [2.05, 4.69) is 15.8 Å². The third-order valence-corrected chi connectivity index (χ3v) is 5.82. The number of carbonyl (C=O) groups is 1. The fraction of sp³-hybridized carbons (Fsp3) is 0.0769. The van der Waals surface area contributed by atoms with Gasteiger partial charge in [0.15, 0.2) is 0 Å². The molecular formula is C26H20ClN5O2. The second-order valence-corrected chi connectivity index (χ2v) is 8.10. The first-order valence-corrected chi connectivity index (χ1v) is 11.1. The second kappa shape index (κ2) is 8.96. The largest absolute Gasteiger partial charge is 0.277 e. The van der Waals surface area contributed by atoms with E-state index in [0.29, 0.717) is 44.6 Å². The number of halogens is 1. The van der Waals surface area contributed by atoms with Gasteiger partial charge in [-0.1, -0.05) is 54.1 Å². The van der Waals surface area contributed by atoms with E-state index in [9.17, 15) is 9.59 Å². The lowest BCUT2D eigenvalue weighted by atomic mass is 10.0. The number of rotatable bonds is 5. The summed E-state index contributed by atoms with van der Waals surface area (Å²) in [6.07, 6.45) is 0. The van der Waals surface area contributed by atoms with Crippen molar-refractivity contribution in [1.82, 2.24) is 20.0 Å². The molecule has 0 aliphatic heterocycles. The van der Waals surface area contributed by atoms with Crippen LogP contribution in [0.3, 0.4) is 0 Å². The molecule has 0 spiro atoms. The summed E-state index contributed by atoms with van der Waals surface area (Å²) < 4.78 is 1.48. The van der Waals surface area contributed by atoms with Gasteiger partial charge >= 0.3 is 0 Å². The Bertz CT molecular complexity index is 1600. The Hall–Kier alpha value is -4.23. The molecule has 0 aliphatic carbocycles. The zero-order chi connectivity index (χ0) is 23.7. The number of amides is 1. The van der Waals surface area contributed by atoms with Crippen molar-refractivity contribution in [1.29, 1.82) is 0 Å². The number of fused-ring (bicyclic) bond motifs is 2. The van der Waals surface area contributed by atoms with E-state index in [-0.39, 0.29) is 17.4 Å². The summed E-state index contributed by atoms with van der Waals surface area (Å²) in [5.74, 6) is -0.116. The van der Waals surface area contributed by atoms with Crippen LogP contribution in [0.15, 0.2) is 83.7 Å². The maximum absolute atomic E-state index is 13.3. The lowest BCUT2D eigenvalue weighted by Crippen LogP contribution is -2.34. The lowest BCUT2D eigenvalue weighted by molar-refractivity contribution is 0.0963. The number of hydrazine groups is 1. The molecule has 168 valence electrons. The van der Waals surface area contributed by atoms with Gasteiger partial charge in [-0.05, 0) is 43.3 Å². The minimum atomic E-state index is -0.376. The maximum Gasteiger partial charge on any atom is 0.270 e. The summed E-state index contributed by atoms with van der Waals surface area (Å²) >= 11 is 6.02. The minimum Gasteiger partial charge on any atom is -0.277 e. The number of aromatic nitrogens is 3. The van der Waals surface area contributed by atoms with Crippen molar-refractivity contribution in [3.63, 3.8) is 0 Å². The third-order valence-electron chi connectivity index (χ3n) is 5.57. The number of anilines is 1. The number of hydrogen-bond donors (Lipinski definition) is 2. The van der Waals surface area contributed by atoms with Crippen LogP contribution < -0.4 is 16.4 Å². The highest BCUT2D eigenvalue weighted by atomic mass is 35.5. The van der Waals surface area contributed by atoms with Crippen LogP contribution in [0.1, 0.15) is 17.3 Å². The predicted octanol–water partition coefficient (Wildman–Crippen LogP) is 5.04. The summed E-state index contributed by atoms with van der Waals surface area (Å²) in [6.45, 7) is 2.24. The molecule has 2 heterocycles. The molecular weight excluding hydrogens is 450 g/mol. The van der Waals surface area contributed by atoms with Gasteiger partial charge in [0, 0.05) is 22.5 Å². The van der Waals surface area contributed by atoms with E-state index in [1.54, 1.807) is 36.4 Å². The van der Waals surface area contributed by atoms with Crippen LogP contribution in [-0.2, 0) is 6.54 Å². The van der Waals surface area contributed by atoms with Gasteiger partial charge in [0.25, 0.3) is 11.5 Å². The molecule has 0 saturated heterocycles. The maximum atomic E-state index is 13.3. The van der Waals surface area contributed by atoms with E-state index in [0.717, 1.165) is 5.56 Å². The Morgan fingerprint density at radius 3 is 2.26 bits per heavy atom. The van der Waals surface area contributed by atoms with Crippen molar-refractivity contribution >= 4 is 45.3 Å². The summed E-state index contributed by atoms with van der Waals surface area (Å²) in [4.78, 5) is 35.4. The molecule has 3 aromatic carbocycles. The molecule has 0 aliphatic rings. The number of benzene rings is 3. The summed E-state index contributed by atoms with van der Waals surface area (Å²) in [5, 5.41) is 1.85. The number of nitrogens with zero attached hydrogens (tertiary/aromatic N) is 3. The standard InChI is InChI=1S/C26H20ClN5O2/c1-2-32-25(34)19-8-4-6-10-22(19)29-26(32)31-30-24(33)20-15-23(16-11-13-17(27)14-12-16)28-21-9-5-3-7-18(20)21/h3-15H,2H2,1H3,(H,29,31)(H,30,33). The highest BCUT2D eigenvalue weighted by Gasteiger charge is 2.16. The first kappa shape index (κ1) is 21.6. The summed E-state index contributed by atoms with van der Waals surface area (Å²) in [7, 11) is 0. The van der Waals surface area contributed by atoms with Crippen LogP contribution >= 0.6 is 11.6 Å². The van der Waals surface area contributed by atoms with Gasteiger partial charge in [-0.2, -0.15) is 0 Å². The van der Waals surface area contributed by atoms with Crippen LogP contribution in [0, 0.1) is 0 Å². The fourth-order valence-electron chi connectivity index (χ4n) is 3.87. The van der Waals surface area contributed by atoms with Crippen LogP contribution in [0.25, 0.3) is 33.1 Å². The molecule has 2 aromatic heterocycles. The average Bonchev–Trinajstić information content (AvgIpc) is 2.87. The first-order chi connectivity index (χ1) is 16.5. The number of carbonyl (C=O) groups excluding carboxylic acids is 1. The molecule has 0 unspecified atom stereocenters. The quantitative estimate of drug-likeness (QED) is 0.352. The number of hydrogen-bond acceptors (Lipinski definition) is 5. The summed E-state index contributed by atoms with van der Waals surface area (Å²) in [5.41, 5.74) is 8.53. The van der Waals surface area contributed by atoms with Gasteiger partial charge in [0.2, 0.25) is 5.95 Å². The van der Waals surface area contributed by atoms with Crippen molar-refractivity contribution in [2.75, 3.05) is 5.43 Å². The number of para-hydroxylation sites is 2. The van der Waals surface area contributed by atoms with E-state index >= 15 is 0 Å². The zero-order valence-electron chi connectivity index (χ0n) is 18.2. The Balaban J connectivity index is 1.52. The topological polar surface area (TPSA) is 88.9 Å². The van der Waals surface area contributed by atoms with Crippen molar-refractivity contribution in [2.45, 2.75) is 13.5 Å². The molecule has 1 amide bonds. The van der Waals surface area contributed by atoms with Crippen molar-refractivity contribution in [3.8, 4) is 11.3 Å². The van der Waals surface area contributed by atoms with Crippen LogP contribution in [0.4, 0.5) is 5.95 Å². The van der Waals surface area contributed by atoms with E-state index in [1.165, 1.54) is 4.57 Å². The molecule has 0 radical (unpaired) electrons. The molecule has 34 heavy (non-hydrogen) atoms.